The van der Waals surface area contributed by atoms with Gasteiger partial charge in [0.05, 0.1) is 0 Å². The van der Waals surface area contributed by atoms with Crippen LogP contribution in [0.15, 0.2) is 15.9 Å². The number of hydrogen-bond acceptors (Lipinski definition) is 3. The lowest BCUT2D eigenvalue weighted by molar-refractivity contribution is 0.324. The van der Waals surface area contributed by atoms with Crippen LogP contribution in [0.2, 0.25) is 0 Å². The first kappa shape index (κ1) is 13.6. The molecule has 1 aromatic rings. The van der Waals surface area contributed by atoms with E-state index in [-0.39, 0.29) is 0 Å². The fraction of sp³-hybridized carbons (Fsp3) is 0.636. The standard InChI is InChI=1S/C11H18BrNS2/c1-3-13(4-2)5-6-14-9-11-7-10(12)8-15-11/h7-8H,3-6,9H2,1-2H3. The second kappa shape index (κ2) is 7.71. The quantitative estimate of drug-likeness (QED) is 0.698. The average molecular weight is 308 g/mol. The van der Waals surface area contributed by atoms with Gasteiger partial charge in [0.1, 0.15) is 0 Å². The fourth-order valence-electron chi connectivity index (χ4n) is 1.34. The number of rotatable bonds is 7. The second-order valence-corrected chi connectivity index (χ2v) is 6.33. The van der Waals surface area contributed by atoms with Crippen LogP contribution in [0, 0.1) is 0 Å². The Morgan fingerprint density at radius 1 is 1.40 bits per heavy atom. The Hall–Kier alpha value is 0.490. The molecule has 0 aliphatic heterocycles. The van der Waals surface area contributed by atoms with Crippen molar-refractivity contribution in [1.29, 1.82) is 0 Å². The highest BCUT2D eigenvalue weighted by molar-refractivity contribution is 9.10. The third-order valence-corrected chi connectivity index (χ3v) is 5.18. The average Bonchev–Trinajstić information content (AvgIpc) is 2.65. The first-order valence-corrected chi connectivity index (χ1v) is 8.12. The molecule has 86 valence electrons. The molecule has 15 heavy (non-hydrogen) atoms. The largest absolute Gasteiger partial charge is 0.303 e. The van der Waals surface area contributed by atoms with E-state index in [2.05, 4.69) is 46.1 Å². The van der Waals surface area contributed by atoms with Crippen LogP contribution >= 0.6 is 39.0 Å². The van der Waals surface area contributed by atoms with E-state index in [1.807, 2.05) is 23.1 Å². The van der Waals surface area contributed by atoms with Crippen molar-refractivity contribution in [3.8, 4) is 0 Å². The molecule has 1 heterocycles. The molecule has 0 aliphatic rings. The van der Waals surface area contributed by atoms with Gasteiger partial charge in [-0.2, -0.15) is 11.8 Å². The van der Waals surface area contributed by atoms with Crippen molar-refractivity contribution in [3.63, 3.8) is 0 Å². The van der Waals surface area contributed by atoms with E-state index in [9.17, 15) is 0 Å². The highest BCUT2D eigenvalue weighted by Gasteiger charge is 2.00. The lowest BCUT2D eigenvalue weighted by atomic mass is 10.5. The zero-order chi connectivity index (χ0) is 11.1. The molecular formula is C11H18BrNS2. The van der Waals surface area contributed by atoms with Gasteiger partial charge in [-0.05, 0) is 35.1 Å². The molecule has 0 atom stereocenters. The Labute approximate surface area is 109 Å². The van der Waals surface area contributed by atoms with E-state index < -0.39 is 0 Å². The topological polar surface area (TPSA) is 3.24 Å². The molecule has 4 heteroatoms. The Morgan fingerprint density at radius 3 is 2.67 bits per heavy atom. The minimum atomic E-state index is 1.15. The SMILES string of the molecule is CCN(CC)CCSCc1cc(Br)cs1. The van der Waals surface area contributed by atoms with E-state index in [1.54, 1.807) is 0 Å². The first-order chi connectivity index (χ1) is 7.26. The molecule has 0 saturated carbocycles. The van der Waals surface area contributed by atoms with Crippen molar-refractivity contribution in [3.05, 3.63) is 20.8 Å². The molecule has 0 unspecified atom stereocenters. The highest BCUT2D eigenvalue weighted by atomic mass is 79.9. The maximum atomic E-state index is 3.48. The molecule has 0 bridgehead atoms. The third-order valence-electron chi connectivity index (χ3n) is 2.31. The summed E-state index contributed by atoms with van der Waals surface area (Å²) in [5.74, 6) is 2.38. The van der Waals surface area contributed by atoms with Gasteiger partial charge in [-0.3, -0.25) is 0 Å². The second-order valence-electron chi connectivity index (χ2n) is 3.31. The molecule has 0 N–H and O–H groups in total. The monoisotopic (exact) mass is 307 g/mol. The minimum Gasteiger partial charge on any atom is -0.303 e. The summed E-state index contributed by atoms with van der Waals surface area (Å²) in [5.41, 5.74) is 0. The van der Waals surface area contributed by atoms with Crippen LogP contribution in [0.4, 0.5) is 0 Å². The molecule has 0 aromatic carbocycles. The molecule has 0 fully saturated rings. The van der Waals surface area contributed by atoms with Crippen LogP contribution in [-0.2, 0) is 5.75 Å². The van der Waals surface area contributed by atoms with Crippen molar-refractivity contribution >= 4 is 39.0 Å². The van der Waals surface area contributed by atoms with E-state index in [0.29, 0.717) is 0 Å². The van der Waals surface area contributed by atoms with Gasteiger partial charge in [0, 0.05) is 32.8 Å². The van der Waals surface area contributed by atoms with Crippen LogP contribution in [0.1, 0.15) is 18.7 Å². The molecule has 0 spiro atoms. The normalized spacial score (nSPS) is 11.2. The van der Waals surface area contributed by atoms with Gasteiger partial charge >= 0.3 is 0 Å². The number of hydrogen-bond donors (Lipinski definition) is 0. The minimum absolute atomic E-state index is 1.15. The van der Waals surface area contributed by atoms with Gasteiger partial charge in [-0.15, -0.1) is 11.3 Å². The van der Waals surface area contributed by atoms with Crippen LogP contribution in [-0.4, -0.2) is 30.3 Å². The Morgan fingerprint density at radius 2 is 2.13 bits per heavy atom. The van der Waals surface area contributed by atoms with Gasteiger partial charge in [0.15, 0.2) is 0 Å². The van der Waals surface area contributed by atoms with Crippen molar-refractivity contribution in [2.45, 2.75) is 19.6 Å². The summed E-state index contributed by atoms with van der Waals surface area (Å²) >= 11 is 7.34. The van der Waals surface area contributed by atoms with Crippen LogP contribution in [0.5, 0.6) is 0 Å². The Kier molecular flexibility index (Phi) is 6.97. The fourth-order valence-corrected chi connectivity index (χ4v) is 3.91. The van der Waals surface area contributed by atoms with Crippen LogP contribution in [0.3, 0.4) is 0 Å². The van der Waals surface area contributed by atoms with Crippen LogP contribution < -0.4 is 0 Å². The van der Waals surface area contributed by atoms with E-state index >= 15 is 0 Å². The summed E-state index contributed by atoms with van der Waals surface area (Å²) in [6.07, 6.45) is 0. The number of nitrogens with zero attached hydrogens (tertiary/aromatic N) is 1. The van der Waals surface area contributed by atoms with Gasteiger partial charge in [-0.1, -0.05) is 13.8 Å². The Balaban J connectivity index is 2.11. The highest BCUT2D eigenvalue weighted by Crippen LogP contribution is 2.23. The maximum Gasteiger partial charge on any atom is 0.0285 e. The summed E-state index contributed by atoms with van der Waals surface area (Å²) < 4.78 is 1.21. The maximum absolute atomic E-state index is 3.48. The summed E-state index contributed by atoms with van der Waals surface area (Å²) in [7, 11) is 0. The molecule has 1 rings (SSSR count). The zero-order valence-electron chi connectivity index (χ0n) is 9.33. The predicted molar refractivity (Wildman–Crippen MR) is 76.0 cm³/mol. The summed E-state index contributed by atoms with van der Waals surface area (Å²) in [6.45, 7) is 8.00. The molecule has 1 aromatic heterocycles. The van der Waals surface area contributed by atoms with E-state index in [1.165, 1.54) is 34.7 Å². The molecule has 0 saturated heterocycles. The predicted octanol–water partition coefficient (Wildman–Crippen LogP) is 4.09. The summed E-state index contributed by atoms with van der Waals surface area (Å²) in [6, 6.07) is 2.22. The van der Waals surface area contributed by atoms with Crippen molar-refractivity contribution < 1.29 is 0 Å². The third kappa shape index (κ3) is 5.38. The zero-order valence-corrected chi connectivity index (χ0v) is 12.6. The van der Waals surface area contributed by atoms with Gasteiger partial charge < -0.3 is 4.90 Å². The first-order valence-electron chi connectivity index (χ1n) is 5.29. The lowest BCUT2D eigenvalue weighted by Crippen LogP contribution is -2.25. The van der Waals surface area contributed by atoms with Crippen molar-refractivity contribution in [2.75, 3.05) is 25.4 Å². The Bertz CT molecular complexity index is 271. The summed E-state index contributed by atoms with van der Waals surface area (Å²) in [5, 5.41) is 2.15. The molecule has 0 aliphatic carbocycles. The van der Waals surface area contributed by atoms with Gasteiger partial charge in [0.2, 0.25) is 0 Å². The number of thiophene rings is 1. The van der Waals surface area contributed by atoms with E-state index in [0.717, 1.165) is 5.75 Å². The molecule has 0 radical (unpaired) electrons. The molecule has 0 amide bonds. The molecule has 1 nitrogen and oxygen atoms in total. The van der Waals surface area contributed by atoms with Crippen LogP contribution in [0.25, 0.3) is 0 Å². The van der Waals surface area contributed by atoms with Gasteiger partial charge in [-0.25, -0.2) is 0 Å². The lowest BCUT2D eigenvalue weighted by Gasteiger charge is -2.17. The molecular weight excluding hydrogens is 290 g/mol. The van der Waals surface area contributed by atoms with E-state index in [4.69, 9.17) is 0 Å². The summed E-state index contributed by atoms with van der Waals surface area (Å²) in [4.78, 5) is 3.93. The van der Waals surface area contributed by atoms with Gasteiger partial charge in [0.25, 0.3) is 0 Å². The van der Waals surface area contributed by atoms with Crippen molar-refractivity contribution in [2.24, 2.45) is 0 Å². The number of thioether (sulfide) groups is 1. The number of halogens is 1. The van der Waals surface area contributed by atoms with Crippen molar-refractivity contribution in [1.82, 2.24) is 4.90 Å². The smallest absolute Gasteiger partial charge is 0.0285 e.